The van der Waals surface area contributed by atoms with E-state index in [4.69, 9.17) is 5.11 Å². The molecule has 1 amide bonds. The van der Waals surface area contributed by atoms with Gasteiger partial charge in [0.2, 0.25) is 0 Å². The minimum Gasteiger partial charge on any atom is -0.384 e. The Bertz CT molecular complexity index is 622. The molecule has 1 aromatic carbocycles. The summed E-state index contributed by atoms with van der Waals surface area (Å²) in [7, 11) is 0. The van der Waals surface area contributed by atoms with Crippen molar-refractivity contribution >= 4 is 5.91 Å². The van der Waals surface area contributed by atoms with Crippen molar-refractivity contribution in [3.05, 3.63) is 34.9 Å². The van der Waals surface area contributed by atoms with Crippen LogP contribution in [0.4, 0.5) is 13.2 Å². The van der Waals surface area contributed by atoms with Crippen molar-refractivity contribution in [2.24, 2.45) is 0 Å². The van der Waals surface area contributed by atoms with Gasteiger partial charge in [-0.2, -0.15) is 13.2 Å². The van der Waals surface area contributed by atoms with Crippen molar-refractivity contribution in [1.82, 2.24) is 5.32 Å². The van der Waals surface area contributed by atoms with E-state index in [0.717, 1.165) is 0 Å². The van der Waals surface area contributed by atoms with Crippen molar-refractivity contribution in [3.8, 4) is 11.8 Å². The second-order valence-electron chi connectivity index (χ2n) is 5.02. The average molecular weight is 297 g/mol. The minimum absolute atomic E-state index is 0.0821. The fourth-order valence-corrected chi connectivity index (χ4v) is 1.97. The molecule has 1 aliphatic rings. The molecule has 2 N–H and O–H groups in total. The standard InChI is InChI=1S/C15H14F3NO2/c1-10-9-12(5-4-11(10)3-2-8-20)13(21)19-14(6-7-14)15(16,17)18/h4-5,9,20H,6-8H2,1H3,(H,19,21). The number of halogens is 3. The molecule has 2 rings (SSSR count). The number of hydrogen-bond acceptors (Lipinski definition) is 2. The summed E-state index contributed by atoms with van der Waals surface area (Å²) in [5, 5.41) is 10.7. The third-order valence-electron chi connectivity index (χ3n) is 3.44. The van der Waals surface area contributed by atoms with Gasteiger partial charge < -0.3 is 10.4 Å². The number of benzene rings is 1. The summed E-state index contributed by atoms with van der Waals surface area (Å²) in [6, 6.07) is 4.47. The van der Waals surface area contributed by atoms with E-state index < -0.39 is 17.6 Å². The Labute approximate surface area is 120 Å². The van der Waals surface area contributed by atoms with Gasteiger partial charge in [-0.3, -0.25) is 4.79 Å². The first-order valence-electron chi connectivity index (χ1n) is 6.39. The van der Waals surface area contributed by atoms with Crippen LogP contribution in [-0.2, 0) is 0 Å². The molecular formula is C15H14F3NO2. The molecule has 0 saturated heterocycles. The van der Waals surface area contributed by atoms with Crippen molar-refractivity contribution in [2.75, 3.05) is 6.61 Å². The number of aliphatic hydroxyl groups is 1. The molecule has 21 heavy (non-hydrogen) atoms. The van der Waals surface area contributed by atoms with E-state index in [1.807, 2.05) is 0 Å². The summed E-state index contributed by atoms with van der Waals surface area (Å²) in [5.41, 5.74) is -0.608. The van der Waals surface area contributed by atoms with Gasteiger partial charge in [0.25, 0.3) is 5.91 Å². The zero-order valence-electron chi connectivity index (χ0n) is 11.3. The molecule has 1 fully saturated rings. The number of carbonyl (C=O) groups is 1. The minimum atomic E-state index is -4.43. The maximum absolute atomic E-state index is 12.8. The van der Waals surface area contributed by atoms with Gasteiger partial charge in [-0.15, -0.1) is 0 Å². The van der Waals surface area contributed by atoms with Crippen LogP contribution in [0.3, 0.4) is 0 Å². The maximum Gasteiger partial charge on any atom is 0.411 e. The molecule has 1 aromatic rings. The molecule has 0 radical (unpaired) electrons. The van der Waals surface area contributed by atoms with Gasteiger partial charge in [0, 0.05) is 11.1 Å². The third-order valence-corrected chi connectivity index (χ3v) is 3.44. The second kappa shape index (κ2) is 5.41. The monoisotopic (exact) mass is 297 g/mol. The van der Waals surface area contributed by atoms with Crippen molar-refractivity contribution < 1.29 is 23.1 Å². The predicted molar refractivity (Wildman–Crippen MR) is 70.6 cm³/mol. The zero-order chi connectivity index (χ0) is 15.7. The van der Waals surface area contributed by atoms with E-state index in [1.54, 1.807) is 13.0 Å². The first kappa shape index (κ1) is 15.4. The first-order chi connectivity index (χ1) is 9.79. The number of alkyl halides is 3. The van der Waals surface area contributed by atoms with Crippen molar-refractivity contribution in [3.63, 3.8) is 0 Å². The van der Waals surface area contributed by atoms with Crippen LogP contribution in [0.15, 0.2) is 18.2 Å². The number of nitrogens with one attached hydrogen (secondary N) is 1. The van der Waals surface area contributed by atoms with Gasteiger partial charge in [0.1, 0.15) is 12.1 Å². The fraction of sp³-hybridized carbons (Fsp3) is 0.400. The van der Waals surface area contributed by atoms with E-state index in [1.165, 1.54) is 12.1 Å². The Morgan fingerprint density at radius 1 is 1.43 bits per heavy atom. The number of aliphatic hydroxyl groups excluding tert-OH is 1. The fourth-order valence-electron chi connectivity index (χ4n) is 1.97. The Kier molecular flexibility index (Phi) is 3.97. The normalized spacial score (nSPS) is 15.9. The number of aryl methyl sites for hydroxylation is 1. The van der Waals surface area contributed by atoms with Gasteiger partial charge in [-0.1, -0.05) is 11.8 Å². The van der Waals surface area contributed by atoms with Crippen molar-refractivity contribution in [2.45, 2.75) is 31.5 Å². The molecule has 3 nitrogen and oxygen atoms in total. The SMILES string of the molecule is Cc1cc(C(=O)NC2(C(F)(F)F)CC2)ccc1C#CCO. The van der Waals surface area contributed by atoms with Crippen LogP contribution in [0.2, 0.25) is 0 Å². The Hall–Kier alpha value is -2.00. The summed E-state index contributed by atoms with van der Waals surface area (Å²) < 4.78 is 38.4. The van der Waals surface area contributed by atoms with Gasteiger partial charge in [0.05, 0.1) is 0 Å². The van der Waals surface area contributed by atoms with Gasteiger partial charge in [-0.05, 0) is 43.5 Å². The van der Waals surface area contributed by atoms with Crippen LogP contribution >= 0.6 is 0 Å². The third kappa shape index (κ3) is 3.19. The van der Waals surface area contributed by atoms with Crippen LogP contribution in [0.1, 0.15) is 34.3 Å². The number of amides is 1. The molecule has 112 valence electrons. The average Bonchev–Trinajstić information content (AvgIpc) is 3.17. The molecular weight excluding hydrogens is 283 g/mol. The van der Waals surface area contributed by atoms with Crippen LogP contribution < -0.4 is 5.32 Å². The summed E-state index contributed by atoms with van der Waals surface area (Å²) in [4.78, 5) is 11.9. The highest BCUT2D eigenvalue weighted by molar-refractivity contribution is 5.95. The molecule has 0 atom stereocenters. The van der Waals surface area contributed by atoms with Crippen LogP contribution in [0.25, 0.3) is 0 Å². The first-order valence-corrected chi connectivity index (χ1v) is 6.39. The topological polar surface area (TPSA) is 49.3 Å². The van der Waals surface area contributed by atoms with Crippen molar-refractivity contribution in [1.29, 1.82) is 0 Å². The van der Waals surface area contributed by atoms with Gasteiger partial charge in [-0.25, -0.2) is 0 Å². The van der Waals surface area contributed by atoms with Crippen LogP contribution in [0.5, 0.6) is 0 Å². The number of hydrogen-bond donors (Lipinski definition) is 2. The zero-order valence-corrected chi connectivity index (χ0v) is 11.3. The molecule has 0 aliphatic heterocycles. The summed E-state index contributed by atoms with van der Waals surface area (Å²) in [6.07, 6.45) is -4.59. The van der Waals surface area contributed by atoms with Gasteiger partial charge >= 0.3 is 6.18 Å². The molecule has 0 aromatic heterocycles. The molecule has 0 unspecified atom stereocenters. The summed E-state index contributed by atoms with van der Waals surface area (Å²) >= 11 is 0. The predicted octanol–water partition coefficient (Wildman–Crippen LogP) is 2.16. The largest absolute Gasteiger partial charge is 0.411 e. The van der Waals surface area contributed by atoms with Crippen LogP contribution in [0, 0.1) is 18.8 Å². The van der Waals surface area contributed by atoms with E-state index in [-0.39, 0.29) is 25.0 Å². The lowest BCUT2D eigenvalue weighted by Gasteiger charge is -2.20. The Balaban J connectivity index is 2.16. The quantitative estimate of drug-likeness (QED) is 0.822. The molecule has 0 bridgehead atoms. The summed E-state index contributed by atoms with van der Waals surface area (Å²) in [6.45, 7) is 1.42. The molecule has 0 spiro atoms. The lowest BCUT2D eigenvalue weighted by atomic mass is 10.0. The highest BCUT2D eigenvalue weighted by Crippen LogP contribution is 2.49. The number of carbonyl (C=O) groups excluding carboxylic acids is 1. The summed E-state index contributed by atoms with van der Waals surface area (Å²) in [5.74, 6) is 4.44. The van der Waals surface area contributed by atoms with Gasteiger partial charge in [0.15, 0.2) is 0 Å². The van der Waals surface area contributed by atoms with E-state index in [2.05, 4.69) is 17.2 Å². The molecule has 1 saturated carbocycles. The highest BCUT2D eigenvalue weighted by Gasteiger charge is 2.64. The molecule has 0 heterocycles. The van der Waals surface area contributed by atoms with E-state index >= 15 is 0 Å². The smallest absolute Gasteiger partial charge is 0.384 e. The molecule has 1 aliphatic carbocycles. The lowest BCUT2D eigenvalue weighted by molar-refractivity contribution is -0.163. The maximum atomic E-state index is 12.8. The van der Waals surface area contributed by atoms with Crippen LogP contribution in [-0.4, -0.2) is 29.3 Å². The second-order valence-corrected chi connectivity index (χ2v) is 5.02. The lowest BCUT2D eigenvalue weighted by Crippen LogP contribution is -2.47. The number of rotatable bonds is 2. The molecule has 6 heteroatoms. The Morgan fingerprint density at radius 3 is 2.57 bits per heavy atom. The highest BCUT2D eigenvalue weighted by atomic mass is 19.4. The van der Waals surface area contributed by atoms with E-state index in [0.29, 0.717) is 11.1 Å². The van der Waals surface area contributed by atoms with E-state index in [9.17, 15) is 18.0 Å². The Morgan fingerprint density at radius 2 is 2.10 bits per heavy atom.